The Kier molecular flexibility index (Phi) is 5.66. The summed E-state index contributed by atoms with van der Waals surface area (Å²) >= 11 is 3.30. The van der Waals surface area contributed by atoms with Crippen LogP contribution in [0.4, 0.5) is 10.1 Å². The zero-order valence-corrected chi connectivity index (χ0v) is 19.4. The number of H-pyrrole nitrogens is 1. The van der Waals surface area contributed by atoms with Crippen LogP contribution in [0.2, 0.25) is 0 Å². The van der Waals surface area contributed by atoms with Gasteiger partial charge in [0.1, 0.15) is 17.6 Å². The fourth-order valence-electron chi connectivity index (χ4n) is 3.80. The number of aromatic nitrogens is 4. The van der Waals surface area contributed by atoms with Gasteiger partial charge in [-0.15, -0.1) is 0 Å². The summed E-state index contributed by atoms with van der Waals surface area (Å²) in [5.41, 5.74) is 4.52. The maximum atomic E-state index is 14.9. The molecular formula is C23H23BrFN5O. The number of hydrogen-bond acceptors (Lipinski definition) is 3. The Hall–Kier alpha value is -3.00. The van der Waals surface area contributed by atoms with Gasteiger partial charge >= 0.3 is 0 Å². The van der Waals surface area contributed by atoms with E-state index < -0.39 is 11.9 Å². The summed E-state index contributed by atoms with van der Waals surface area (Å²) in [4.78, 5) is 22.3. The predicted molar refractivity (Wildman–Crippen MR) is 123 cm³/mol. The number of benzene rings is 2. The van der Waals surface area contributed by atoms with Gasteiger partial charge in [0.2, 0.25) is 0 Å². The van der Waals surface area contributed by atoms with E-state index in [4.69, 9.17) is 0 Å². The molecule has 2 aromatic carbocycles. The van der Waals surface area contributed by atoms with Gasteiger partial charge in [0.05, 0.1) is 22.9 Å². The van der Waals surface area contributed by atoms with Gasteiger partial charge in [0.15, 0.2) is 0 Å². The number of carbonyl (C=O) groups is 1. The Bertz CT molecular complexity index is 1280. The van der Waals surface area contributed by atoms with E-state index >= 15 is 0 Å². The average molecular weight is 484 g/mol. The molecule has 1 unspecified atom stereocenters. The van der Waals surface area contributed by atoms with Gasteiger partial charge in [0, 0.05) is 28.5 Å². The zero-order valence-electron chi connectivity index (χ0n) is 17.8. The van der Waals surface area contributed by atoms with Gasteiger partial charge in [-0.3, -0.25) is 14.4 Å². The van der Waals surface area contributed by atoms with Crippen LogP contribution in [0.15, 0.2) is 47.2 Å². The molecule has 8 heteroatoms. The number of carbonyl (C=O) groups excluding carboxylic acids is 1. The molecule has 4 aromatic rings. The molecule has 0 radical (unpaired) electrons. The number of nitrogens with zero attached hydrogens (tertiary/aromatic N) is 4. The predicted octanol–water partition coefficient (Wildman–Crippen LogP) is 5.67. The first-order valence-electron chi connectivity index (χ1n) is 10.1. The Labute approximate surface area is 188 Å². The highest BCUT2D eigenvalue weighted by atomic mass is 79.9. The monoisotopic (exact) mass is 483 g/mol. The first-order chi connectivity index (χ1) is 14.9. The number of halogens is 2. The number of rotatable bonds is 2. The SMILES string of the molecule is CCC.Cc1c2c(nn1C)C(c1ccc(Br)cc1F)N(c1ccc3nc[nH]c3c1)C2=O. The highest BCUT2D eigenvalue weighted by Crippen LogP contribution is 2.43. The topological polar surface area (TPSA) is 66.8 Å². The summed E-state index contributed by atoms with van der Waals surface area (Å²) in [7, 11) is 1.79. The van der Waals surface area contributed by atoms with Gasteiger partial charge < -0.3 is 4.98 Å². The number of anilines is 1. The highest BCUT2D eigenvalue weighted by Gasteiger charge is 2.44. The van der Waals surface area contributed by atoms with E-state index in [0.717, 1.165) is 16.7 Å². The second-order valence-corrected chi connectivity index (χ2v) is 8.44. The maximum Gasteiger partial charge on any atom is 0.263 e. The van der Waals surface area contributed by atoms with Crippen molar-refractivity contribution in [2.24, 2.45) is 7.05 Å². The molecule has 6 nitrogen and oxygen atoms in total. The van der Waals surface area contributed by atoms with Crippen molar-refractivity contribution in [2.45, 2.75) is 33.2 Å². The molecule has 1 atom stereocenters. The Balaban J connectivity index is 0.000000730. The summed E-state index contributed by atoms with van der Waals surface area (Å²) in [6, 6.07) is 9.75. The van der Waals surface area contributed by atoms with Crippen molar-refractivity contribution in [3.8, 4) is 0 Å². The van der Waals surface area contributed by atoms with Crippen LogP contribution >= 0.6 is 15.9 Å². The number of amides is 1. The normalized spacial score (nSPS) is 15.2. The van der Waals surface area contributed by atoms with E-state index in [1.165, 1.54) is 12.5 Å². The van der Waals surface area contributed by atoms with Crippen molar-refractivity contribution in [2.75, 3.05) is 4.90 Å². The molecule has 1 amide bonds. The summed E-state index contributed by atoms with van der Waals surface area (Å²) in [5, 5.41) is 4.55. The largest absolute Gasteiger partial charge is 0.345 e. The summed E-state index contributed by atoms with van der Waals surface area (Å²) in [5.74, 6) is -0.581. The van der Waals surface area contributed by atoms with Crippen LogP contribution < -0.4 is 4.90 Å². The molecule has 5 rings (SSSR count). The van der Waals surface area contributed by atoms with E-state index in [9.17, 15) is 9.18 Å². The van der Waals surface area contributed by atoms with E-state index in [-0.39, 0.29) is 5.91 Å². The van der Waals surface area contributed by atoms with Gasteiger partial charge in [-0.1, -0.05) is 42.3 Å². The van der Waals surface area contributed by atoms with E-state index in [0.29, 0.717) is 27.0 Å². The summed E-state index contributed by atoms with van der Waals surface area (Å²) < 4.78 is 17.2. The van der Waals surface area contributed by atoms with Crippen LogP contribution in [0.3, 0.4) is 0 Å². The lowest BCUT2D eigenvalue weighted by molar-refractivity contribution is 0.0992. The van der Waals surface area contributed by atoms with Crippen LogP contribution in [0.1, 0.15) is 53.6 Å². The highest BCUT2D eigenvalue weighted by molar-refractivity contribution is 9.10. The van der Waals surface area contributed by atoms with Crippen LogP contribution in [-0.2, 0) is 7.05 Å². The number of hydrogen-bond donors (Lipinski definition) is 1. The van der Waals surface area contributed by atoms with Gasteiger partial charge in [-0.05, 0) is 37.3 Å². The Morgan fingerprint density at radius 1 is 1.19 bits per heavy atom. The lowest BCUT2D eigenvalue weighted by atomic mass is 10.0. The number of nitrogens with one attached hydrogen (secondary N) is 1. The number of fused-ring (bicyclic) bond motifs is 2. The molecule has 0 saturated heterocycles. The fourth-order valence-corrected chi connectivity index (χ4v) is 4.13. The van der Waals surface area contributed by atoms with E-state index in [1.807, 2.05) is 25.1 Å². The summed E-state index contributed by atoms with van der Waals surface area (Å²) in [6.45, 7) is 6.10. The van der Waals surface area contributed by atoms with Crippen LogP contribution in [0.5, 0.6) is 0 Å². The molecule has 3 heterocycles. The minimum Gasteiger partial charge on any atom is -0.345 e. The first kappa shape index (κ1) is 21.2. The quantitative estimate of drug-likeness (QED) is 0.399. The molecular weight excluding hydrogens is 461 g/mol. The zero-order chi connectivity index (χ0) is 22.3. The third-order valence-corrected chi connectivity index (χ3v) is 5.74. The molecule has 2 aromatic heterocycles. The molecule has 0 saturated carbocycles. The number of aromatic amines is 1. The van der Waals surface area contributed by atoms with E-state index in [2.05, 4.69) is 44.8 Å². The third kappa shape index (κ3) is 3.54. The lowest BCUT2D eigenvalue weighted by Crippen LogP contribution is -2.30. The molecule has 0 bridgehead atoms. The molecule has 1 N–H and O–H groups in total. The van der Waals surface area contributed by atoms with Crippen LogP contribution in [0, 0.1) is 12.7 Å². The standard InChI is InChI=1S/C20H15BrFN5O.C3H8/c1-10-17-18(25-26(10)2)19(13-5-3-11(21)7-14(13)22)27(20(17)28)12-4-6-15-16(8-12)24-9-23-15;1-3-2/h3-9,19H,1-2H3,(H,23,24);3H2,1-2H3. The molecule has 0 aliphatic carbocycles. The minimum absolute atomic E-state index is 0.188. The van der Waals surface area contributed by atoms with Gasteiger partial charge in [-0.25, -0.2) is 9.37 Å². The Morgan fingerprint density at radius 2 is 1.94 bits per heavy atom. The molecule has 160 valence electrons. The van der Waals surface area contributed by atoms with E-state index in [1.54, 1.807) is 35.1 Å². The third-order valence-electron chi connectivity index (χ3n) is 5.25. The molecule has 0 fully saturated rings. The molecule has 1 aliphatic heterocycles. The molecule has 31 heavy (non-hydrogen) atoms. The fraction of sp³-hybridized carbons (Fsp3) is 0.261. The maximum absolute atomic E-state index is 14.9. The average Bonchev–Trinajstić information content (AvgIpc) is 3.38. The van der Waals surface area contributed by atoms with Crippen LogP contribution in [-0.4, -0.2) is 25.7 Å². The second-order valence-electron chi connectivity index (χ2n) is 7.52. The number of aryl methyl sites for hydroxylation is 1. The Morgan fingerprint density at radius 3 is 2.65 bits per heavy atom. The van der Waals surface area contributed by atoms with Crippen molar-refractivity contribution >= 4 is 38.6 Å². The summed E-state index contributed by atoms with van der Waals surface area (Å²) in [6.07, 6.45) is 2.85. The second kappa shape index (κ2) is 8.26. The number of imidazole rings is 1. The smallest absolute Gasteiger partial charge is 0.263 e. The molecule has 0 spiro atoms. The van der Waals surface area contributed by atoms with Crippen LogP contribution in [0.25, 0.3) is 11.0 Å². The van der Waals surface area contributed by atoms with Crippen molar-refractivity contribution in [1.29, 1.82) is 0 Å². The van der Waals surface area contributed by atoms with Crippen molar-refractivity contribution in [3.63, 3.8) is 0 Å². The first-order valence-corrected chi connectivity index (χ1v) is 10.9. The van der Waals surface area contributed by atoms with Crippen molar-refractivity contribution in [3.05, 3.63) is 75.5 Å². The minimum atomic E-state index is -0.643. The lowest BCUT2D eigenvalue weighted by Gasteiger charge is -2.26. The van der Waals surface area contributed by atoms with Crippen molar-refractivity contribution < 1.29 is 9.18 Å². The molecule has 1 aliphatic rings. The van der Waals surface area contributed by atoms with Crippen molar-refractivity contribution in [1.82, 2.24) is 19.7 Å². The van der Waals surface area contributed by atoms with Gasteiger partial charge in [-0.2, -0.15) is 5.10 Å². The van der Waals surface area contributed by atoms with Gasteiger partial charge in [0.25, 0.3) is 5.91 Å².